The molecule has 8 nitrogen and oxygen atoms in total. The molecule has 9 heteroatoms. The first-order valence-corrected chi connectivity index (χ1v) is 11.9. The van der Waals surface area contributed by atoms with Crippen LogP contribution >= 0.6 is 0 Å². The number of carbonyl (C=O) groups is 1. The van der Waals surface area contributed by atoms with Gasteiger partial charge in [-0.25, -0.2) is 19.3 Å². The second kappa shape index (κ2) is 10.5. The molecule has 3 aromatic carbocycles. The largest absolute Gasteiger partial charge is 0.508 e. The Balaban J connectivity index is 1.52. The first kappa shape index (κ1) is 24.6. The van der Waals surface area contributed by atoms with Gasteiger partial charge in [-0.15, -0.1) is 0 Å². The molecule has 0 spiro atoms. The van der Waals surface area contributed by atoms with E-state index in [9.17, 15) is 14.3 Å². The number of carbonyl (C=O) groups excluding carboxylic acids is 1. The van der Waals surface area contributed by atoms with Crippen LogP contribution < -0.4 is 15.4 Å². The van der Waals surface area contributed by atoms with E-state index in [1.165, 1.54) is 30.6 Å². The lowest BCUT2D eigenvalue weighted by atomic mass is 10.1. The van der Waals surface area contributed by atoms with Crippen molar-refractivity contribution in [1.29, 1.82) is 0 Å². The van der Waals surface area contributed by atoms with E-state index in [1.807, 2.05) is 12.1 Å². The monoisotopic (exact) mass is 509 g/mol. The number of amides is 1. The first-order chi connectivity index (χ1) is 18.4. The summed E-state index contributed by atoms with van der Waals surface area (Å²) in [4.78, 5) is 26.3. The van der Waals surface area contributed by atoms with Crippen molar-refractivity contribution in [2.75, 3.05) is 10.6 Å². The topological polar surface area (TPSA) is 109 Å². The van der Waals surface area contributed by atoms with Crippen LogP contribution in [0.3, 0.4) is 0 Å². The molecule has 0 aliphatic rings. The predicted octanol–water partition coefficient (Wildman–Crippen LogP) is 6.78. The molecule has 0 saturated heterocycles. The van der Waals surface area contributed by atoms with Crippen LogP contribution in [0, 0.1) is 5.82 Å². The van der Waals surface area contributed by atoms with Gasteiger partial charge in [-0.1, -0.05) is 26.0 Å². The summed E-state index contributed by atoms with van der Waals surface area (Å²) in [5.74, 6) is 0.663. The van der Waals surface area contributed by atoms with E-state index < -0.39 is 11.7 Å². The zero-order chi connectivity index (χ0) is 26.6. The highest BCUT2D eigenvalue weighted by molar-refractivity contribution is 6.05. The predicted molar refractivity (Wildman–Crippen MR) is 144 cm³/mol. The maximum Gasteiger partial charge on any atom is 0.255 e. The number of hydrogen-bond donors (Lipinski definition) is 3. The number of aromatic hydroxyl groups is 1. The molecule has 2 heterocycles. The highest BCUT2D eigenvalue weighted by atomic mass is 19.1. The number of benzene rings is 3. The molecule has 0 radical (unpaired) electrons. The summed E-state index contributed by atoms with van der Waals surface area (Å²) in [6.45, 7) is 4.11. The minimum absolute atomic E-state index is 0.0743. The number of halogens is 1. The summed E-state index contributed by atoms with van der Waals surface area (Å²) in [5.41, 5.74) is 2.22. The van der Waals surface area contributed by atoms with Gasteiger partial charge in [0.2, 0.25) is 0 Å². The van der Waals surface area contributed by atoms with Gasteiger partial charge in [0.05, 0.1) is 16.8 Å². The molecule has 0 fully saturated rings. The molecule has 3 N–H and O–H groups in total. The van der Waals surface area contributed by atoms with Crippen molar-refractivity contribution in [2.45, 2.75) is 19.8 Å². The maximum absolute atomic E-state index is 14.1. The summed E-state index contributed by atoms with van der Waals surface area (Å²) in [6.07, 6.45) is 1.41. The molecule has 38 heavy (non-hydrogen) atoms. The number of pyridine rings is 1. The second-order valence-electron chi connectivity index (χ2n) is 8.85. The van der Waals surface area contributed by atoms with Gasteiger partial charge in [0.1, 0.15) is 29.5 Å². The fourth-order valence-electron chi connectivity index (χ4n) is 3.76. The smallest absolute Gasteiger partial charge is 0.255 e. The van der Waals surface area contributed by atoms with Crippen LogP contribution in [0.1, 0.15) is 35.8 Å². The number of ether oxygens (including phenoxy) is 1. The Labute approximate surface area is 218 Å². The van der Waals surface area contributed by atoms with Crippen molar-refractivity contribution < 1.29 is 19.0 Å². The van der Waals surface area contributed by atoms with E-state index in [2.05, 4.69) is 39.4 Å². The average molecular weight is 510 g/mol. The van der Waals surface area contributed by atoms with Gasteiger partial charge in [-0.3, -0.25) is 4.79 Å². The van der Waals surface area contributed by atoms with E-state index in [0.717, 1.165) is 5.69 Å². The third-order valence-corrected chi connectivity index (χ3v) is 5.79. The molecule has 0 bridgehead atoms. The third kappa shape index (κ3) is 5.36. The van der Waals surface area contributed by atoms with Gasteiger partial charge in [-0.05, 0) is 72.6 Å². The van der Waals surface area contributed by atoms with Crippen LogP contribution in [0.25, 0.3) is 11.0 Å². The summed E-state index contributed by atoms with van der Waals surface area (Å²) >= 11 is 0. The zero-order valence-electron chi connectivity index (χ0n) is 20.6. The summed E-state index contributed by atoms with van der Waals surface area (Å²) in [6, 6.07) is 20.8. The number of nitrogens with one attached hydrogen (secondary N) is 2. The average Bonchev–Trinajstić information content (AvgIpc) is 2.92. The van der Waals surface area contributed by atoms with Gasteiger partial charge >= 0.3 is 0 Å². The summed E-state index contributed by atoms with van der Waals surface area (Å²) in [7, 11) is 0. The SMILES string of the molecule is CC(C)c1ccc2c(Nc3cc(C(=O)Nc4ccccc4F)ccc3Oc3ccc(O)cc3)ncnc2n1. The minimum Gasteiger partial charge on any atom is -0.508 e. The molecule has 0 saturated carbocycles. The Hall–Kier alpha value is -5.05. The number of hydrogen-bond acceptors (Lipinski definition) is 7. The molecule has 5 aromatic rings. The van der Waals surface area contributed by atoms with Crippen LogP contribution in [0.5, 0.6) is 17.2 Å². The Morgan fingerprint density at radius 1 is 0.947 bits per heavy atom. The quantitative estimate of drug-likeness (QED) is 0.222. The summed E-state index contributed by atoms with van der Waals surface area (Å²) < 4.78 is 20.2. The number of phenols is 1. The second-order valence-corrected chi connectivity index (χ2v) is 8.85. The molecular formula is C29H24FN5O3. The van der Waals surface area contributed by atoms with E-state index in [1.54, 1.807) is 42.5 Å². The number of para-hydroxylation sites is 1. The number of fused-ring (bicyclic) bond motifs is 1. The van der Waals surface area contributed by atoms with Gasteiger partial charge in [0.15, 0.2) is 11.4 Å². The molecular weight excluding hydrogens is 485 g/mol. The van der Waals surface area contributed by atoms with Crippen molar-refractivity contribution in [1.82, 2.24) is 15.0 Å². The zero-order valence-corrected chi connectivity index (χ0v) is 20.6. The highest BCUT2D eigenvalue weighted by Gasteiger charge is 2.16. The number of aromatic nitrogens is 3. The fraction of sp³-hybridized carbons (Fsp3) is 0.103. The lowest BCUT2D eigenvalue weighted by molar-refractivity contribution is 0.102. The standard InChI is InChI=1S/C29H24FN5O3/c1-17(2)23-13-12-21-27(33-23)31-16-32-28(21)34-25-15-18(29(37)35-24-6-4-3-5-22(24)30)7-14-26(25)38-20-10-8-19(36)9-11-20/h3-17,36H,1-2H3,(H,35,37)(H,31,32,33,34). The van der Waals surface area contributed by atoms with Gasteiger partial charge in [-0.2, -0.15) is 0 Å². The van der Waals surface area contributed by atoms with Crippen molar-refractivity contribution in [3.8, 4) is 17.2 Å². The Morgan fingerprint density at radius 3 is 2.50 bits per heavy atom. The van der Waals surface area contributed by atoms with E-state index >= 15 is 0 Å². The molecule has 0 aliphatic heterocycles. The maximum atomic E-state index is 14.1. The van der Waals surface area contributed by atoms with Crippen LogP contribution in [-0.2, 0) is 0 Å². The molecule has 5 rings (SSSR count). The minimum atomic E-state index is -0.535. The van der Waals surface area contributed by atoms with Crippen molar-refractivity contribution in [3.05, 3.63) is 102 Å². The number of anilines is 3. The Bertz CT molecular complexity index is 1620. The van der Waals surface area contributed by atoms with Crippen LogP contribution in [0.2, 0.25) is 0 Å². The molecule has 0 aliphatic carbocycles. The first-order valence-electron chi connectivity index (χ1n) is 11.9. The van der Waals surface area contributed by atoms with E-state index in [-0.39, 0.29) is 22.9 Å². The van der Waals surface area contributed by atoms with Gasteiger partial charge in [0, 0.05) is 11.3 Å². The number of phenolic OH excluding ortho intramolecular Hbond substituents is 1. The van der Waals surface area contributed by atoms with Crippen molar-refractivity contribution in [2.24, 2.45) is 0 Å². The van der Waals surface area contributed by atoms with Crippen molar-refractivity contribution in [3.63, 3.8) is 0 Å². The highest BCUT2D eigenvalue weighted by Crippen LogP contribution is 2.35. The van der Waals surface area contributed by atoms with Crippen molar-refractivity contribution >= 4 is 34.1 Å². The van der Waals surface area contributed by atoms with Crippen LogP contribution in [-0.4, -0.2) is 26.0 Å². The molecule has 0 unspecified atom stereocenters. The van der Waals surface area contributed by atoms with E-state index in [0.29, 0.717) is 34.0 Å². The number of nitrogens with zero attached hydrogens (tertiary/aromatic N) is 3. The number of rotatable bonds is 7. The van der Waals surface area contributed by atoms with E-state index in [4.69, 9.17) is 4.74 Å². The van der Waals surface area contributed by atoms with Crippen LogP contribution in [0.15, 0.2) is 85.2 Å². The Kier molecular flexibility index (Phi) is 6.82. The lowest BCUT2D eigenvalue weighted by Crippen LogP contribution is -2.13. The molecule has 190 valence electrons. The molecule has 0 atom stereocenters. The van der Waals surface area contributed by atoms with Crippen LogP contribution in [0.4, 0.5) is 21.6 Å². The molecule has 2 aromatic heterocycles. The van der Waals surface area contributed by atoms with Gasteiger partial charge < -0.3 is 20.5 Å². The fourth-order valence-corrected chi connectivity index (χ4v) is 3.76. The third-order valence-electron chi connectivity index (χ3n) is 5.79. The normalized spacial score (nSPS) is 10.9. The Morgan fingerprint density at radius 2 is 1.74 bits per heavy atom. The molecule has 1 amide bonds. The van der Waals surface area contributed by atoms with Gasteiger partial charge in [0.25, 0.3) is 5.91 Å². The summed E-state index contributed by atoms with van der Waals surface area (Å²) in [5, 5.41) is 16.1. The lowest BCUT2D eigenvalue weighted by Gasteiger charge is -2.16.